The van der Waals surface area contributed by atoms with Crippen LogP contribution in [0.2, 0.25) is 0 Å². The number of furan rings is 1. The monoisotopic (exact) mass is 752 g/mol. The van der Waals surface area contributed by atoms with Crippen LogP contribution in [0.15, 0.2) is 199 Å². The van der Waals surface area contributed by atoms with Gasteiger partial charge < -0.3 is 4.42 Å². The van der Waals surface area contributed by atoms with Gasteiger partial charge in [-0.1, -0.05) is 121 Å². The van der Waals surface area contributed by atoms with Crippen LogP contribution in [0.5, 0.6) is 0 Å². The number of nitrogens with zero attached hydrogens (tertiary/aromatic N) is 4. The fourth-order valence-electron chi connectivity index (χ4n) is 8.45. The normalized spacial score (nSPS) is 11.7. The number of hydrogen-bond acceptors (Lipinski definition) is 5. The van der Waals surface area contributed by atoms with Crippen LogP contribution < -0.4 is 0 Å². The van der Waals surface area contributed by atoms with Gasteiger partial charge in [0, 0.05) is 55.2 Å². The Morgan fingerprint density at radius 3 is 1.31 bits per heavy atom. The van der Waals surface area contributed by atoms with E-state index in [1.165, 1.54) is 0 Å². The molecule has 0 saturated carbocycles. The van der Waals surface area contributed by atoms with Gasteiger partial charge >= 0.3 is 0 Å². The zero-order valence-corrected chi connectivity index (χ0v) is 31.7. The minimum absolute atomic E-state index is 0.873. The van der Waals surface area contributed by atoms with Crippen molar-refractivity contribution in [3.63, 3.8) is 0 Å². The van der Waals surface area contributed by atoms with Crippen LogP contribution in [0, 0.1) is 0 Å². The number of benzene rings is 7. The van der Waals surface area contributed by atoms with Crippen LogP contribution in [0.3, 0.4) is 0 Å². The molecule has 12 rings (SSSR count). The van der Waals surface area contributed by atoms with Gasteiger partial charge in [-0.15, -0.1) is 0 Å². The predicted octanol–water partition coefficient (Wildman–Crippen LogP) is 14.1. The van der Waals surface area contributed by atoms with Crippen molar-refractivity contribution in [1.82, 2.24) is 19.9 Å². The maximum absolute atomic E-state index is 6.10. The number of pyridine rings is 4. The maximum atomic E-state index is 6.10. The maximum Gasteiger partial charge on any atom is 0.135 e. The molecule has 274 valence electrons. The minimum Gasteiger partial charge on any atom is -0.456 e. The number of fused-ring (bicyclic) bond motifs is 9. The molecule has 5 heteroatoms. The van der Waals surface area contributed by atoms with E-state index in [9.17, 15) is 0 Å². The molecule has 0 saturated heterocycles. The predicted molar refractivity (Wildman–Crippen MR) is 242 cm³/mol. The van der Waals surface area contributed by atoms with Crippen LogP contribution in [-0.4, -0.2) is 19.9 Å². The summed E-state index contributed by atoms with van der Waals surface area (Å²) in [6.45, 7) is 0. The number of rotatable bonds is 5. The first kappa shape index (κ1) is 33.2. The lowest BCUT2D eigenvalue weighted by atomic mass is 9.96. The summed E-state index contributed by atoms with van der Waals surface area (Å²) >= 11 is 0. The summed E-state index contributed by atoms with van der Waals surface area (Å²) in [5.74, 6) is 0. The van der Waals surface area contributed by atoms with E-state index in [0.29, 0.717) is 0 Å². The molecule has 0 spiro atoms. The number of hydrogen-bond donors (Lipinski definition) is 0. The Labute approximate surface area is 338 Å². The molecule has 7 aromatic carbocycles. The van der Waals surface area contributed by atoms with E-state index in [1.807, 2.05) is 36.5 Å². The summed E-state index contributed by atoms with van der Waals surface area (Å²) in [5.41, 5.74) is 15.8. The van der Waals surface area contributed by atoms with E-state index in [0.717, 1.165) is 122 Å². The van der Waals surface area contributed by atoms with Crippen LogP contribution in [-0.2, 0) is 0 Å². The summed E-state index contributed by atoms with van der Waals surface area (Å²) in [4.78, 5) is 20.3. The highest BCUT2D eigenvalue weighted by Crippen LogP contribution is 2.36. The van der Waals surface area contributed by atoms with E-state index >= 15 is 0 Å². The van der Waals surface area contributed by atoms with E-state index in [1.54, 1.807) is 0 Å². The Morgan fingerprint density at radius 1 is 0.288 bits per heavy atom. The molecule has 12 aromatic rings. The molecule has 0 amide bonds. The summed E-state index contributed by atoms with van der Waals surface area (Å²) in [6.07, 6.45) is 1.83. The lowest BCUT2D eigenvalue weighted by Crippen LogP contribution is -1.91. The van der Waals surface area contributed by atoms with Crippen LogP contribution >= 0.6 is 0 Å². The topological polar surface area (TPSA) is 64.7 Å². The summed E-state index contributed by atoms with van der Waals surface area (Å²) in [7, 11) is 0. The first-order valence-corrected chi connectivity index (χ1v) is 19.8. The first-order valence-electron chi connectivity index (χ1n) is 19.8. The Hall–Kier alpha value is -8.02. The van der Waals surface area contributed by atoms with E-state index < -0.39 is 0 Å². The standard InChI is InChI=1S/C54H32N4O/c1-2-15-49-44(14-1)45-32-43(23-27-50(45)59-49)48-26-22-36-19-18-35-21-25-47(57-53(35)54(36)58-48)42-12-5-10-40(31-42)38-8-3-7-37(29-38)39-9-4-11-41(30-39)46-24-20-34-17-16-33-13-6-28-55-51(33)52(34)56-46/h1-32H. The molecule has 5 heterocycles. The highest BCUT2D eigenvalue weighted by molar-refractivity contribution is 6.07. The van der Waals surface area contributed by atoms with Gasteiger partial charge in [0.2, 0.25) is 0 Å². The largest absolute Gasteiger partial charge is 0.456 e. The average Bonchev–Trinajstić information content (AvgIpc) is 3.69. The summed E-state index contributed by atoms with van der Waals surface area (Å²) < 4.78 is 6.10. The van der Waals surface area contributed by atoms with Crippen molar-refractivity contribution in [2.24, 2.45) is 0 Å². The highest BCUT2D eigenvalue weighted by Gasteiger charge is 2.13. The molecule has 0 aliphatic heterocycles. The quantitative estimate of drug-likeness (QED) is 0.164. The molecule has 0 bridgehead atoms. The van der Waals surface area contributed by atoms with Gasteiger partial charge in [-0.3, -0.25) is 4.98 Å². The fourth-order valence-corrected chi connectivity index (χ4v) is 8.45. The van der Waals surface area contributed by atoms with Crippen molar-refractivity contribution in [3.8, 4) is 56.0 Å². The molecular formula is C54H32N4O. The zero-order valence-electron chi connectivity index (χ0n) is 31.7. The molecule has 0 atom stereocenters. The van der Waals surface area contributed by atoms with Gasteiger partial charge in [0.25, 0.3) is 0 Å². The van der Waals surface area contributed by atoms with Crippen molar-refractivity contribution in [3.05, 3.63) is 194 Å². The van der Waals surface area contributed by atoms with Crippen molar-refractivity contribution in [1.29, 1.82) is 0 Å². The summed E-state index contributed by atoms with van der Waals surface area (Å²) in [5, 5.41) is 6.46. The van der Waals surface area contributed by atoms with Crippen LogP contribution in [0.1, 0.15) is 0 Å². The number of para-hydroxylation sites is 1. The van der Waals surface area contributed by atoms with Crippen molar-refractivity contribution in [2.75, 3.05) is 0 Å². The molecule has 0 aliphatic carbocycles. The molecule has 0 fully saturated rings. The molecule has 0 N–H and O–H groups in total. The first-order chi connectivity index (χ1) is 29.2. The van der Waals surface area contributed by atoms with Gasteiger partial charge in [0.15, 0.2) is 0 Å². The SMILES string of the molecule is c1cc(-c2cccc(-c3ccc4ccc5cccnc5c4n3)c2)cc(-c2cccc(-c3ccc4ccc5ccc(-c6ccc7oc8ccccc8c7c6)nc5c4n3)c2)c1. The van der Waals surface area contributed by atoms with E-state index in [4.69, 9.17) is 19.4 Å². The third-order valence-electron chi connectivity index (χ3n) is 11.5. The molecule has 5 nitrogen and oxygen atoms in total. The molecule has 59 heavy (non-hydrogen) atoms. The van der Waals surface area contributed by atoms with Crippen LogP contribution in [0.25, 0.3) is 122 Å². The molecule has 5 aromatic heterocycles. The van der Waals surface area contributed by atoms with Crippen LogP contribution in [0.4, 0.5) is 0 Å². The van der Waals surface area contributed by atoms with Gasteiger partial charge in [-0.2, -0.15) is 0 Å². The second-order valence-corrected chi connectivity index (χ2v) is 15.1. The second-order valence-electron chi connectivity index (χ2n) is 15.1. The van der Waals surface area contributed by atoms with E-state index in [-0.39, 0.29) is 0 Å². The third kappa shape index (κ3) is 5.71. The van der Waals surface area contributed by atoms with Crippen molar-refractivity contribution in [2.45, 2.75) is 0 Å². The number of aromatic nitrogens is 4. The molecule has 0 unspecified atom stereocenters. The minimum atomic E-state index is 0.873. The lowest BCUT2D eigenvalue weighted by molar-refractivity contribution is 0.669. The Balaban J connectivity index is 0.885. The Bertz CT molecular complexity index is 3640. The van der Waals surface area contributed by atoms with Gasteiger partial charge in [-0.25, -0.2) is 15.0 Å². The second kappa shape index (κ2) is 13.3. The molecule has 0 aliphatic rings. The molecule has 0 radical (unpaired) electrons. The third-order valence-corrected chi connectivity index (χ3v) is 11.5. The Morgan fingerprint density at radius 2 is 0.729 bits per heavy atom. The van der Waals surface area contributed by atoms with Crippen molar-refractivity contribution < 1.29 is 4.42 Å². The van der Waals surface area contributed by atoms with Crippen molar-refractivity contribution >= 4 is 65.6 Å². The smallest absolute Gasteiger partial charge is 0.135 e. The fraction of sp³-hybridized carbons (Fsp3) is 0. The van der Waals surface area contributed by atoms with Gasteiger partial charge in [-0.05, 0) is 89.0 Å². The van der Waals surface area contributed by atoms with Gasteiger partial charge in [0.1, 0.15) is 11.2 Å². The average molecular weight is 753 g/mol. The highest BCUT2D eigenvalue weighted by atomic mass is 16.3. The Kier molecular flexibility index (Phi) is 7.47. The molecular weight excluding hydrogens is 721 g/mol. The lowest BCUT2D eigenvalue weighted by Gasteiger charge is -2.11. The summed E-state index contributed by atoms with van der Waals surface area (Å²) in [6, 6.07) is 65.7. The van der Waals surface area contributed by atoms with Gasteiger partial charge in [0.05, 0.1) is 39.1 Å². The zero-order chi connectivity index (χ0) is 38.9. The van der Waals surface area contributed by atoms with E-state index in [2.05, 4.69) is 163 Å².